The van der Waals surface area contributed by atoms with E-state index < -0.39 is 0 Å². The third-order valence-electron chi connectivity index (χ3n) is 0.934. The maximum Gasteiger partial charge on any atom is 0 e. The van der Waals surface area contributed by atoms with Crippen LogP contribution in [-0.2, 0) is 35.8 Å². The van der Waals surface area contributed by atoms with Crippen molar-refractivity contribution in [3.63, 3.8) is 0 Å². The number of allylic oxidation sites excluding steroid dienone is 4. The van der Waals surface area contributed by atoms with Crippen LogP contribution in [0.5, 0.6) is 0 Å². The van der Waals surface area contributed by atoms with Crippen LogP contribution in [0.1, 0.15) is 20.3 Å². The molecule has 0 heterocycles. The van der Waals surface area contributed by atoms with E-state index in [9.17, 15) is 4.79 Å². The number of rotatable bonds is 3. The number of ketones is 1. The number of hydrogen-bond donors (Lipinski definition) is 0. The van der Waals surface area contributed by atoms with Crippen molar-refractivity contribution >= 4 is 5.78 Å². The Hall–Kier alpha value is -1.11. The van der Waals surface area contributed by atoms with Gasteiger partial charge in [0.2, 0.25) is 0 Å². The summed E-state index contributed by atoms with van der Waals surface area (Å²) in [5.74, 6) is 0.174. The van der Waals surface area contributed by atoms with E-state index in [1.54, 1.807) is 12.2 Å². The Kier molecular flexibility index (Phi) is 89.2. The Bertz CT molecular complexity index is 222. The van der Waals surface area contributed by atoms with Crippen LogP contribution in [0.2, 0.25) is 0 Å². The Labute approximate surface area is 106 Å². The molecule has 0 bridgehead atoms. The maximum atomic E-state index is 10.6. The molecule has 0 aromatic carbocycles. The van der Waals surface area contributed by atoms with E-state index in [-0.39, 0.29) is 22.9 Å². The van der Waals surface area contributed by atoms with E-state index in [0.29, 0.717) is 6.42 Å². The first kappa shape index (κ1) is 29.4. The predicted molar refractivity (Wildman–Crippen MR) is 51.0 cm³/mol. The van der Waals surface area contributed by atoms with Gasteiger partial charge in [-0.25, -0.2) is 0 Å². The van der Waals surface area contributed by atoms with E-state index in [1.165, 1.54) is 0 Å². The first-order valence-corrected chi connectivity index (χ1v) is 3.74. The van der Waals surface area contributed by atoms with Crippen LogP contribution in [0.3, 0.4) is 0 Å². The van der Waals surface area contributed by atoms with Crippen molar-refractivity contribution < 1.29 is 35.8 Å². The normalized spacial score (nSPS) is 6.75. The van der Waals surface area contributed by atoms with Gasteiger partial charge in [-0.15, -0.1) is 0 Å². The molecule has 5 heteroatoms. The maximum absolute atomic E-state index is 10.6. The van der Waals surface area contributed by atoms with Crippen LogP contribution in [0, 0.1) is 20.0 Å². The first-order chi connectivity index (χ1) is 7.31. The van der Waals surface area contributed by atoms with Crippen molar-refractivity contribution in [2.75, 3.05) is 0 Å². The van der Waals surface area contributed by atoms with Gasteiger partial charge in [0.15, 0.2) is 5.78 Å². The van der Waals surface area contributed by atoms with E-state index in [0.717, 1.165) is 0 Å². The molecular weight excluding hydrogens is 252 g/mol. The Morgan fingerprint density at radius 3 is 1.69 bits per heavy atom. The van der Waals surface area contributed by atoms with E-state index in [1.807, 2.05) is 26.0 Å². The third kappa shape index (κ3) is 52.5. The largest absolute Gasteiger partial charge is 0 e. The summed E-state index contributed by atoms with van der Waals surface area (Å²) in [6.07, 6.45) is 7.66. The Balaban J connectivity index is -0.0000000498. The SMILES string of the molecule is C/C=C/C=C/C(=O)CC.[C-]#[O+].[C-]#[O+].[C-]#[O+].[Fe]. The minimum absolute atomic E-state index is 0. The van der Waals surface area contributed by atoms with E-state index >= 15 is 0 Å². The van der Waals surface area contributed by atoms with Crippen molar-refractivity contribution in [3.8, 4) is 0 Å². The zero-order chi connectivity index (χ0) is 13.1. The topological polar surface area (TPSA) is 76.8 Å². The summed E-state index contributed by atoms with van der Waals surface area (Å²) in [4.78, 5) is 10.6. The average Bonchev–Trinajstić information content (AvgIpc) is 2.36. The van der Waals surface area contributed by atoms with Gasteiger partial charge in [-0.3, -0.25) is 4.79 Å². The molecule has 0 fully saturated rings. The van der Waals surface area contributed by atoms with E-state index in [2.05, 4.69) is 20.0 Å². The summed E-state index contributed by atoms with van der Waals surface area (Å²) in [5, 5.41) is 0. The fourth-order valence-electron chi connectivity index (χ4n) is 0.392. The molecule has 0 aliphatic rings. The predicted octanol–water partition coefficient (Wildman–Crippen LogP) is 1.98. The van der Waals surface area contributed by atoms with Gasteiger partial charge in [0.25, 0.3) is 0 Å². The van der Waals surface area contributed by atoms with Gasteiger partial charge < -0.3 is 0 Å². The first-order valence-electron chi connectivity index (χ1n) is 3.74. The van der Waals surface area contributed by atoms with Crippen molar-refractivity contribution in [2.24, 2.45) is 0 Å². The molecule has 0 aromatic rings. The van der Waals surface area contributed by atoms with Gasteiger partial charge in [-0.1, -0.05) is 25.2 Å². The molecule has 0 aliphatic heterocycles. The van der Waals surface area contributed by atoms with Gasteiger partial charge in [0.05, 0.1) is 0 Å². The van der Waals surface area contributed by atoms with Crippen LogP contribution in [-0.4, -0.2) is 5.78 Å². The molecule has 0 N–H and O–H groups in total. The molecular formula is C11H12FeO4. The quantitative estimate of drug-likeness (QED) is 0.252. The second-order valence-electron chi connectivity index (χ2n) is 1.70. The van der Waals surface area contributed by atoms with Crippen LogP contribution in [0.25, 0.3) is 0 Å². The Morgan fingerprint density at radius 2 is 1.44 bits per heavy atom. The van der Waals surface area contributed by atoms with Crippen molar-refractivity contribution in [2.45, 2.75) is 20.3 Å². The smallest absolute Gasteiger partial charge is 0 e. The summed E-state index contributed by atoms with van der Waals surface area (Å²) < 4.78 is 22.5. The van der Waals surface area contributed by atoms with E-state index in [4.69, 9.17) is 14.0 Å². The monoisotopic (exact) mass is 264 g/mol. The second-order valence-corrected chi connectivity index (χ2v) is 1.70. The molecule has 88 valence electrons. The average molecular weight is 264 g/mol. The minimum atomic E-state index is 0. The molecule has 0 spiro atoms. The summed E-state index contributed by atoms with van der Waals surface area (Å²) >= 11 is 0. The summed E-state index contributed by atoms with van der Waals surface area (Å²) in [7, 11) is 0. The summed E-state index contributed by atoms with van der Waals surface area (Å²) in [5.41, 5.74) is 0. The molecule has 0 atom stereocenters. The van der Waals surface area contributed by atoms with Gasteiger partial charge in [0, 0.05) is 23.5 Å². The second kappa shape index (κ2) is 48.6. The molecule has 0 unspecified atom stereocenters. The van der Waals surface area contributed by atoms with Gasteiger partial charge >= 0.3 is 33.9 Å². The standard InChI is InChI=1S/C8H12O.3CO.Fe/c1-3-5-6-7-8(9)4-2;3*1-2;/h3,5-7H,4H2,1-2H3;;;;/b5-3+,7-6+;;;;. The van der Waals surface area contributed by atoms with Gasteiger partial charge in [-0.2, -0.15) is 0 Å². The molecule has 4 nitrogen and oxygen atoms in total. The van der Waals surface area contributed by atoms with Gasteiger partial charge in [0.1, 0.15) is 0 Å². The number of hydrogen-bond acceptors (Lipinski definition) is 1. The number of carbonyl (C=O) groups excluding carboxylic acids is 1. The van der Waals surface area contributed by atoms with Gasteiger partial charge in [-0.05, 0) is 13.0 Å². The molecule has 0 saturated heterocycles. The zero-order valence-electron chi connectivity index (χ0n) is 9.00. The fraction of sp³-hybridized carbons (Fsp3) is 0.273. The molecule has 16 heavy (non-hydrogen) atoms. The molecule has 0 radical (unpaired) electrons. The van der Waals surface area contributed by atoms with Crippen LogP contribution >= 0.6 is 0 Å². The minimum Gasteiger partial charge on any atom is 0 e. The van der Waals surface area contributed by atoms with Crippen molar-refractivity contribution in [3.05, 3.63) is 44.3 Å². The zero-order valence-corrected chi connectivity index (χ0v) is 10.1. The van der Waals surface area contributed by atoms with Crippen LogP contribution in [0.15, 0.2) is 24.3 Å². The van der Waals surface area contributed by atoms with Crippen molar-refractivity contribution in [1.82, 2.24) is 0 Å². The number of carbonyl (C=O) groups is 1. The van der Waals surface area contributed by atoms with Crippen molar-refractivity contribution in [1.29, 1.82) is 0 Å². The molecule has 0 amide bonds. The summed E-state index contributed by atoms with van der Waals surface area (Å²) in [6, 6.07) is 0. The molecule has 0 aromatic heterocycles. The van der Waals surface area contributed by atoms with Crippen LogP contribution < -0.4 is 0 Å². The molecule has 0 aliphatic carbocycles. The molecule has 0 saturated carbocycles. The fourth-order valence-corrected chi connectivity index (χ4v) is 0.392. The molecule has 0 rings (SSSR count). The Morgan fingerprint density at radius 1 is 1.06 bits per heavy atom. The third-order valence-corrected chi connectivity index (χ3v) is 0.934. The van der Waals surface area contributed by atoms with Crippen LogP contribution in [0.4, 0.5) is 0 Å². The summed E-state index contributed by atoms with van der Waals surface area (Å²) in [6.45, 7) is 17.3.